The number of carbonyl (C=O) groups is 4. The quantitative estimate of drug-likeness (QED) is 0.0577. The van der Waals surface area contributed by atoms with Gasteiger partial charge >= 0.3 is 0 Å². The minimum Gasteiger partial charge on any atom is -0.274 e. The molecule has 6 nitrogen and oxygen atoms in total. The van der Waals surface area contributed by atoms with Crippen LogP contribution in [0, 0.1) is 11.8 Å². The monoisotopic (exact) mass is 1050 g/mol. The van der Waals surface area contributed by atoms with Gasteiger partial charge in [0.15, 0.2) is 0 Å². The van der Waals surface area contributed by atoms with Gasteiger partial charge in [0.05, 0.1) is 22.3 Å². The Kier molecular flexibility index (Phi) is 22.0. The predicted molar refractivity (Wildman–Crippen MR) is 255 cm³/mol. The number of carbonyl (C=O) groups excluding carboxylic acids is 4. The van der Waals surface area contributed by atoms with Crippen molar-refractivity contribution in [1.29, 1.82) is 0 Å². The number of nitrogens with zero attached hydrogens (tertiary/aromatic N) is 2. The Morgan fingerprint density at radius 2 is 0.569 bits per heavy atom. The minimum atomic E-state index is -0.385. The highest BCUT2D eigenvalue weighted by atomic mass is 79.9. The van der Waals surface area contributed by atoms with Gasteiger partial charge < -0.3 is 0 Å². The number of hydrogen-bond donors (Lipinski definition) is 0. The number of unbranched alkanes of at least 4 members (excludes halogenated alkanes) is 16. The van der Waals surface area contributed by atoms with Crippen molar-refractivity contribution in [2.75, 3.05) is 13.1 Å². The summed E-state index contributed by atoms with van der Waals surface area (Å²) in [5.74, 6) is -0.663. The van der Waals surface area contributed by atoms with Gasteiger partial charge in [-0.05, 0) is 88.4 Å². The van der Waals surface area contributed by atoms with E-state index in [-0.39, 0.29) is 23.6 Å². The Morgan fingerprint density at radius 3 is 0.828 bits per heavy atom. The number of halogens is 4. The second kappa shape index (κ2) is 25.7. The van der Waals surface area contributed by atoms with Gasteiger partial charge in [-0.15, -0.1) is 0 Å². The number of rotatable bonds is 30. The first-order valence-electron chi connectivity index (χ1n) is 23.1. The normalized spacial score (nSPS) is 15.0. The molecule has 0 radical (unpaired) electrons. The molecular formula is C48H70Br4N2O4. The number of amides is 4. The average Bonchev–Trinajstić information content (AvgIpc) is 3.20. The molecule has 2 aromatic rings. The van der Waals surface area contributed by atoms with E-state index in [9.17, 15) is 19.2 Å². The van der Waals surface area contributed by atoms with E-state index in [1.54, 1.807) is 0 Å². The molecule has 2 aromatic carbocycles. The average molecular weight is 1060 g/mol. The van der Waals surface area contributed by atoms with Crippen LogP contribution >= 0.6 is 63.7 Å². The highest BCUT2D eigenvalue weighted by molar-refractivity contribution is 9.13. The lowest BCUT2D eigenvalue weighted by Gasteiger charge is -2.35. The molecule has 0 aromatic heterocycles. The summed E-state index contributed by atoms with van der Waals surface area (Å²) in [5, 5.41) is 0.755. The topological polar surface area (TPSA) is 74.8 Å². The van der Waals surface area contributed by atoms with Crippen LogP contribution < -0.4 is 0 Å². The van der Waals surface area contributed by atoms with Crippen molar-refractivity contribution >= 4 is 98.1 Å². The first kappa shape index (κ1) is 49.6. The summed E-state index contributed by atoms with van der Waals surface area (Å²) in [6.07, 6.45) is 30.5. The molecule has 0 aliphatic carbocycles. The summed E-state index contributed by atoms with van der Waals surface area (Å²) in [7, 11) is 0. The molecule has 0 fully saturated rings. The highest BCUT2D eigenvalue weighted by Crippen LogP contribution is 2.50. The van der Waals surface area contributed by atoms with E-state index < -0.39 is 0 Å². The molecule has 2 atom stereocenters. The summed E-state index contributed by atoms with van der Waals surface area (Å²) in [6.45, 7) is 9.60. The summed E-state index contributed by atoms with van der Waals surface area (Å²) < 4.78 is 1.78. The van der Waals surface area contributed by atoms with E-state index >= 15 is 0 Å². The van der Waals surface area contributed by atoms with Gasteiger partial charge in [0.1, 0.15) is 0 Å². The lowest BCUT2D eigenvalue weighted by Crippen LogP contribution is -2.45. The highest BCUT2D eigenvalue weighted by Gasteiger charge is 2.45. The van der Waals surface area contributed by atoms with Crippen LogP contribution in [0.5, 0.6) is 0 Å². The Bertz CT molecular complexity index is 1510. The van der Waals surface area contributed by atoms with E-state index in [0.717, 1.165) is 38.5 Å². The zero-order valence-electron chi connectivity index (χ0n) is 36.0. The summed E-state index contributed by atoms with van der Waals surface area (Å²) >= 11 is 14.9. The fourth-order valence-corrected chi connectivity index (χ4v) is 11.5. The SMILES string of the molecule is CCCCCCCCC(CCCCCC)CCN1C(=O)c2c(Br)c(Br)c3c4c(c(Br)c(Br)c(c24)C1=O)C(=O)N(CCC(CCCCCC)CCCCCCCC)C3=O. The lowest BCUT2D eigenvalue weighted by molar-refractivity contribution is 0.0576. The van der Waals surface area contributed by atoms with E-state index in [2.05, 4.69) is 91.4 Å². The molecular weight excluding hydrogens is 988 g/mol. The summed E-state index contributed by atoms with van der Waals surface area (Å²) in [5.41, 5.74) is 1.30. The largest absolute Gasteiger partial charge is 0.274 e. The van der Waals surface area contributed by atoms with Gasteiger partial charge in [-0.2, -0.15) is 0 Å². The van der Waals surface area contributed by atoms with Crippen molar-refractivity contribution in [1.82, 2.24) is 9.80 Å². The molecule has 2 aliphatic rings. The fraction of sp³-hybridized carbons (Fsp3) is 0.708. The van der Waals surface area contributed by atoms with Crippen LogP contribution in [-0.4, -0.2) is 46.5 Å². The van der Waals surface area contributed by atoms with Crippen LogP contribution in [0.15, 0.2) is 17.9 Å². The molecule has 4 rings (SSSR count). The third-order valence-corrected chi connectivity index (χ3v) is 17.0. The number of imide groups is 2. The molecule has 58 heavy (non-hydrogen) atoms. The Balaban J connectivity index is 1.60. The molecule has 324 valence electrons. The van der Waals surface area contributed by atoms with Crippen LogP contribution in [0.2, 0.25) is 0 Å². The summed E-state index contributed by atoms with van der Waals surface area (Å²) in [4.78, 5) is 60.9. The maximum atomic E-state index is 14.5. The van der Waals surface area contributed by atoms with Gasteiger partial charge in [0.2, 0.25) is 0 Å². The fourth-order valence-electron chi connectivity index (χ4n) is 9.20. The maximum absolute atomic E-state index is 14.5. The molecule has 4 amide bonds. The molecule has 0 bridgehead atoms. The van der Waals surface area contributed by atoms with Crippen LogP contribution in [0.25, 0.3) is 10.8 Å². The van der Waals surface area contributed by atoms with Crippen LogP contribution in [0.4, 0.5) is 0 Å². The maximum Gasteiger partial charge on any atom is 0.262 e. The van der Waals surface area contributed by atoms with E-state index in [1.807, 2.05) is 0 Å². The molecule has 0 spiro atoms. The van der Waals surface area contributed by atoms with E-state index in [0.29, 0.717) is 75.8 Å². The van der Waals surface area contributed by atoms with Crippen molar-refractivity contribution < 1.29 is 19.2 Å². The third-order valence-electron chi connectivity index (χ3n) is 12.7. The number of benzene rings is 2. The van der Waals surface area contributed by atoms with Gasteiger partial charge in [0, 0.05) is 41.8 Å². The molecule has 0 saturated heterocycles. The first-order valence-corrected chi connectivity index (χ1v) is 26.3. The Morgan fingerprint density at radius 1 is 0.345 bits per heavy atom. The lowest BCUT2D eigenvalue weighted by atomic mass is 9.85. The van der Waals surface area contributed by atoms with Gasteiger partial charge in [-0.1, -0.05) is 182 Å². The molecule has 2 unspecified atom stereocenters. The minimum absolute atomic E-state index is 0.324. The van der Waals surface area contributed by atoms with Crippen molar-refractivity contribution in [3.05, 3.63) is 40.1 Å². The van der Waals surface area contributed by atoms with Gasteiger partial charge in [0.25, 0.3) is 23.6 Å². The molecule has 2 aliphatic heterocycles. The zero-order valence-corrected chi connectivity index (χ0v) is 42.3. The van der Waals surface area contributed by atoms with Crippen molar-refractivity contribution in [2.45, 2.75) is 195 Å². The van der Waals surface area contributed by atoms with Crippen LogP contribution in [0.1, 0.15) is 236 Å². The van der Waals surface area contributed by atoms with Crippen LogP contribution in [-0.2, 0) is 0 Å². The Hall–Kier alpha value is -1.10. The molecule has 0 saturated carbocycles. The van der Waals surface area contributed by atoms with Gasteiger partial charge in [-0.25, -0.2) is 0 Å². The van der Waals surface area contributed by atoms with E-state index in [4.69, 9.17) is 0 Å². The molecule has 10 heteroatoms. The summed E-state index contributed by atoms with van der Waals surface area (Å²) in [6, 6.07) is 0. The molecule has 0 N–H and O–H groups in total. The second-order valence-electron chi connectivity index (χ2n) is 17.2. The van der Waals surface area contributed by atoms with Crippen LogP contribution in [0.3, 0.4) is 0 Å². The van der Waals surface area contributed by atoms with Crippen molar-refractivity contribution in [2.24, 2.45) is 11.8 Å². The third kappa shape index (κ3) is 12.5. The second-order valence-corrected chi connectivity index (χ2v) is 20.3. The van der Waals surface area contributed by atoms with Crippen molar-refractivity contribution in [3.63, 3.8) is 0 Å². The number of hydrogen-bond acceptors (Lipinski definition) is 4. The zero-order chi connectivity index (χ0) is 42.2. The molecule has 2 heterocycles. The van der Waals surface area contributed by atoms with Gasteiger partial charge in [-0.3, -0.25) is 29.0 Å². The smallest absolute Gasteiger partial charge is 0.262 e. The first-order chi connectivity index (χ1) is 28.0. The van der Waals surface area contributed by atoms with E-state index in [1.165, 1.54) is 138 Å². The Labute approximate surface area is 384 Å². The standard InChI is InChI=1S/C48H70Br4N2O4/c1-5-9-13-17-19-23-27-33(25-21-15-11-7-3)29-31-53-45(55)37-35-36-39(43(51)41(37)49)47(57)54(48(58)40(36)44(52)42(50)38(35)46(53)56)32-30-34(26-22-16-12-8-4)28-24-20-18-14-10-6-2/h33-34H,5-32H2,1-4H3. The predicted octanol–water partition coefficient (Wildman–Crippen LogP) is 16.5. The van der Waals surface area contributed by atoms with Crippen molar-refractivity contribution in [3.8, 4) is 0 Å².